The molecule has 27 heavy (non-hydrogen) atoms. The maximum Gasteiger partial charge on any atom is 0.305 e. The Balaban J connectivity index is 3.10. The second-order valence-electron chi connectivity index (χ2n) is 6.54. The minimum Gasteiger partial charge on any atom is -0.463 e. The quantitative estimate of drug-likeness (QED) is 0.204. The maximum absolute atomic E-state index is 11.5. The van der Waals surface area contributed by atoms with Crippen molar-refractivity contribution < 1.29 is 28.5 Å². The highest BCUT2D eigenvalue weighted by atomic mass is 16.6. The van der Waals surface area contributed by atoms with Gasteiger partial charge in [0.1, 0.15) is 6.61 Å². The smallest absolute Gasteiger partial charge is 0.305 e. The van der Waals surface area contributed by atoms with Crippen molar-refractivity contribution in [1.82, 2.24) is 0 Å². The fourth-order valence-electron chi connectivity index (χ4n) is 2.34. The predicted octanol–water partition coefficient (Wildman–Crippen LogP) is 4.15. The molecule has 0 amide bonds. The summed E-state index contributed by atoms with van der Waals surface area (Å²) >= 11 is 0. The number of unbranched alkanes of at least 4 members (excludes halogenated alkanes) is 6. The number of esters is 1. The van der Waals surface area contributed by atoms with Gasteiger partial charge in [-0.05, 0) is 12.8 Å². The van der Waals surface area contributed by atoms with Crippen LogP contribution < -0.4 is 0 Å². The molecule has 0 aromatic carbocycles. The van der Waals surface area contributed by atoms with E-state index in [-0.39, 0.29) is 5.97 Å². The highest BCUT2D eigenvalue weighted by Crippen LogP contribution is 2.07. The summed E-state index contributed by atoms with van der Waals surface area (Å²) in [6.07, 6.45) is 9.80. The van der Waals surface area contributed by atoms with E-state index < -0.39 is 0 Å². The lowest BCUT2D eigenvalue weighted by Gasteiger charge is -2.08. The van der Waals surface area contributed by atoms with E-state index in [1.807, 2.05) is 0 Å². The van der Waals surface area contributed by atoms with E-state index >= 15 is 0 Å². The molecule has 0 saturated carbocycles. The Bertz CT molecular complexity index is 298. The van der Waals surface area contributed by atoms with Gasteiger partial charge in [0, 0.05) is 13.0 Å². The van der Waals surface area contributed by atoms with E-state index in [0.717, 1.165) is 32.3 Å². The molecule has 0 aliphatic rings. The molecule has 0 aliphatic heterocycles. The van der Waals surface area contributed by atoms with Crippen LogP contribution in [0.2, 0.25) is 0 Å². The van der Waals surface area contributed by atoms with Crippen molar-refractivity contribution in [2.75, 3.05) is 59.5 Å². The Kier molecular flexibility index (Phi) is 22.8. The van der Waals surface area contributed by atoms with Gasteiger partial charge in [0.25, 0.3) is 0 Å². The number of hydrogen-bond donors (Lipinski definition) is 0. The zero-order valence-electron chi connectivity index (χ0n) is 17.7. The topological polar surface area (TPSA) is 63.2 Å². The van der Waals surface area contributed by atoms with E-state index in [4.69, 9.17) is 23.7 Å². The van der Waals surface area contributed by atoms with E-state index in [1.165, 1.54) is 25.7 Å². The third kappa shape index (κ3) is 23.3. The van der Waals surface area contributed by atoms with Crippen LogP contribution in [0, 0.1) is 0 Å². The minimum absolute atomic E-state index is 0.124. The summed E-state index contributed by atoms with van der Waals surface area (Å²) in [7, 11) is 0. The molecule has 0 atom stereocenters. The zero-order chi connectivity index (χ0) is 19.8. The Morgan fingerprint density at radius 1 is 0.519 bits per heavy atom. The molecular weight excluding hydrogens is 348 g/mol. The van der Waals surface area contributed by atoms with Crippen LogP contribution in [0.1, 0.15) is 71.6 Å². The van der Waals surface area contributed by atoms with Gasteiger partial charge in [0.2, 0.25) is 0 Å². The summed E-state index contributed by atoms with van der Waals surface area (Å²) in [6, 6.07) is 0. The Morgan fingerprint density at radius 2 is 0.963 bits per heavy atom. The Morgan fingerprint density at radius 3 is 1.52 bits per heavy atom. The van der Waals surface area contributed by atoms with Crippen LogP contribution in [0.5, 0.6) is 0 Å². The fourth-order valence-corrected chi connectivity index (χ4v) is 2.34. The second-order valence-corrected chi connectivity index (χ2v) is 6.54. The van der Waals surface area contributed by atoms with Gasteiger partial charge >= 0.3 is 5.97 Å². The number of hydrogen-bond acceptors (Lipinski definition) is 6. The Labute approximate surface area is 166 Å². The van der Waals surface area contributed by atoms with Crippen LogP contribution in [0.15, 0.2) is 0 Å². The summed E-state index contributed by atoms with van der Waals surface area (Å²) in [5, 5.41) is 0. The highest BCUT2D eigenvalue weighted by molar-refractivity contribution is 5.69. The maximum atomic E-state index is 11.5. The summed E-state index contributed by atoms with van der Waals surface area (Å²) in [5.41, 5.74) is 0. The van der Waals surface area contributed by atoms with Gasteiger partial charge in [-0.25, -0.2) is 0 Å². The van der Waals surface area contributed by atoms with Gasteiger partial charge in [-0.1, -0.05) is 52.4 Å². The zero-order valence-corrected chi connectivity index (χ0v) is 17.7. The first-order valence-corrected chi connectivity index (χ1v) is 10.8. The van der Waals surface area contributed by atoms with Crippen molar-refractivity contribution in [3.63, 3.8) is 0 Å². The lowest BCUT2D eigenvalue weighted by atomic mass is 10.1. The number of rotatable bonds is 22. The molecule has 0 unspecified atom stereocenters. The SMILES string of the molecule is CCCCCCCCC(=O)OCCOCCOCCOCCOCCCC. The predicted molar refractivity (Wildman–Crippen MR) is 107 cm³/mol. The monoisotopic (exact) mass is 390 g/mol. The molecular formula is C21H42O6. The minimum atomic E-state index is -0.124. The molecule has 6 heteroatoms. The van der Waals surface area contributed by atoms with E-state index in [9.17, 15) is 4.79 Å². The third-order valence-corrected chi connectivity index (χ3v) is 3.98. The van der Waals surface area contributed by atoms with Gasteiger partial charge in [-0.15, -0.1) is 0 Å². The van der Waals surface area contributed by atoms with Crippen LogP contribution >= 0.6 is 0 Å². The molecule has 0 aromatic rings. The molecule has 162 valence electrons. The standard InChI is InChI=1S/C21H42O6/c1-3-5-7-8-9-10-11-21(22)27-20-19-26-18-17-25-16-15-24-14-13-23-12-6-4-2/h3-20H2,1-2H3. The molecule has 0 saturated heterocycles. The van der Waals surface area contributed by atoms with Gasteiger partial charge in [-0.3, -0.25) is 4.79 Å². The summed E-state index contributed by atoms with van der Waals surface area (Å²) < 4.78 is 26.7. The molecule has 0 N–H and O–H groups in total. The lowest BCUT2D eigenvalue weighted by Crippen LogP contribution is -2.14. The van der Waals surface area contributed by atoms with Gasteiger partial charge < -0.3 is 23.7 Å². The molecule has 0 bridgehead atoms. The van der Waals surface area contributed by atoms with Crippen LogP contribution in [0.25, 0.3) is 0 Å². The van der Waals surface area contributed by atoms with Crippen molar-refractivity contribution in [2.45, 2.75) is 71.6 Å². The van der Waals surface area contributed by atoms with Crippen LogP contribution in [-0.4, -0.2) is 65.4 Å². The first kappa shape index (κ1) is 26.3. The molecule has 0 radical (unpaired) electrons. The average molecular weight is 391 g/mol. The summed E-state index contributed by atoms with van der Waals surface area (Å²) in [6.45, 7) is 9.25. The van der Waals surface area contributed by atoms with Crippen molar-refractivity contribution in [1.29, 1.82) is 0 Å². The average Bonchev–Trinajstić information content (AvgIpc) is 2.67. The van der Waals surface area contributed by atoms with Crippen LogP contribution in [-0.2, 0) is 28.5 Å². The van der Waals surface area contributed by atoms with E-state index in [0.29, 0.717) is 59.3 Å². The molecule has 0 aliphatic carbocycles. The number of carbonyl (C=O) groups is 1. The molecule has 0 fully saturated rings. The van der Waals surface area contributed by atoms with E-state index in [2.05, 4.69) is 13.8 Å². The molecule has 6 nitrogen and oxygen atoms in total. The van der Waals surface area contributed by atoms with Crippen molar-refractivity contribution in [3.05, 3.63) is 0 Å². The van der Waals surface area contributed by atoms with Crippen LogP contribution in [0.3, 0.4) is 0 Å². The second kappa shape index (κ2) is 23.3. The third-order valence-electron chi connectivity index (χ3n) is 3.98. The normalized spacial score (nSPS) is 11.0. The van der Waals surface area contributed by atoms with Crippen molar-refractivity contribution in [2.24, 2.45) is 0 Å². The van der Waals surface area contributed by atoms with E-state index in [1.54, 1.807) is 0 Å². The lowest BCUT2D eigenvalue weighted by molar-refractivity contribution is -0.145. The molecule has 0 rings (SSSR count). The highest BCUT2D eigenvalue weighted by Gasteiger charge is 2.02. The fraction of sp³-hybridized carbons (Fsp3) is 0.952. The molecule has 0 heterocycles. The van der Waals surface area contributed by atoms with Crippen LogP contribution in [0.4, 0.5) is 0 Å². The Hall–Kier alpha value is -0.690. The summed E-state index contributed by atoms with van der Waals surface area (Å²) in [5.74, 6) is -0.124. The van der Waals surface area contributed by atoms with Gasteiger partial charge in [0.05, 0.1) is 46.2 Å². The largest absolute Gasteiger partial charge is 0.463 e. The molecule has 0 aromatic heterocycles. The number of ether oxygens (including phenoxy) is 5. The van der Waals surface area contributed by atoms with Crippen molar-refractivity contribution >= 4 is 5.97 Å². The first-order chi connectivity index (χ1) is 13.3. The van der Waals surface area contributed by atoms with Crippen molar-refractivity contribution in [3.8, 4) is 0 Å². The molecule has 0 spiro atoms. The van der Waals surface area contributed by atoms with Gasteiger partial charge in [-0.2, -0.15) is 0 Å². The van der Waals surface area contributed by atoms with Gasteiger partial charge in [0.15, 0.2) is 0 Å². The summed E-state index contributed by atoms with van der Waals surface area (Å²) in [4.78, 5) is 11.5. The first-order valence-electron chi connectivity index (χ1n) is 10.8. The number of carbonyl (C=O) groups excluding carboxylic acids is 1.